The van der Waals surface area contributed by atoms with Gasteiger partial charge < -0.3 is 0 Å². The van der Waals surface area contributed by atoms with Crippen LogP contribution in [-0.4, -0.2) is 5.78 Å². The van der Waals surface area contributed by atoms with Gasteiger partial charge in [-0.05, 0) is 30.2 Å². The van der Waals surface area contributed by atoms with Crippen LogP contribution in [0, 0.1) is 11.3 Å². The molecular weight excluding hydrogens is 270 g/mol. The van der Waals surface area contributed by atoms with Gasteiger partial charge in [0.25, 0.3) is 0 Å². The van der Waals surface area contributed by atoms with Crippen LogP contribution in [0.1, 0.15) is 22.8 Å². The highest BCUT2D eigenvalue weighted by Crippen LogP contribution is 2.22. The number of Topliss-reactive ketones (excluding diaryl/α,β-unsaturated/α-hetero) is 1. The van der Waals surface area contributed by atoms with Gasteiger partial charge >= 0.3 is 0 Å². The van der Waals surface area contributed by atoms with E-state index in [-0.39, 0.29) is 11.4 Å². The number of rotatable bonds is 3. The van der Waals surface area contributed by atoms with Crippen LogP contribution in [0.3, 0.4) is 0 Å². The van der Waals surface area contributed by atoms with Gasteiger partial charge in [0, 0.05) is 10.6 Å². The Bertz CT molecular complexity index is 694. The number of carbonyl (C=O) groups is 1. The fourth-order valence-corrected chi connectivity index (χ4v) is 2.01. The third-order valence-corrected chi connectivity index (χ3v) is 3.28. The lowest BCUT2D eigenvalue weighted by Crippen LogP contribution is -2.04. The summed E-state index contributed by atoms with van der Waals surface area (Å²) in [6.45, 7) is 1.77. The molecule has 3 heteroatoms. The molecule has 0 saturated heterocycles. The number of ketones is 1. The minimum atomic E-state index is -0.263. The number of nitrogens with zero attached hydrogens (tertiary/aromatic N) is 1. The lowest BCUT2D eigenvalue weighted by atomic mass is 9.96. The summed E-state index contributed by atoms with van der Waals surface area (Å²) >= 11 is 5.84. The zero-order chi connectivity index (χ0) is 14.5. The summed E-state index contributed by atoms with van der Waals surface area (Å²) in [4.78, 5) is 12.4. The van der Waals surface area contributed by atoms with E-state index < -0.39 is 0 Å². The maximum absolute atomic E-state index is 12.4. The van der Waals surface area contributed by atoms with Crippen molar-refractivity contribution >= 4 is 23.0 Å². The molecule has 0 bridgehead atoms. The Labute approximate surface area is 122 Å². The van der Waals surface area contributed by atoms with Crippen molar-refractivity contribution in [1.82, 2.24) is 0 Å². The average molecular weight is 282 g/mol. The molecule has 0 aliphatic rings. The third-order valence-electron chi connectivity index (χ3n) is 3.03. The standard InChI is InChI=1S/C17H12ClNO/c1-12(13-7-9-15(18)10-8-13)16(11-19)17(20)14-5-3-2-4-6-14/h2-10H,1H3/b16-12-. The van der Waals surface area contributed by atoms with E-state index in [1.807, 2.05) is 12.1 Å². The molecule has 0 aliphatic carbocycles. The first-order valence-electron chi connectivity index (χ1n) is 6.10. The van der Waals surface area contributed by atoms with Gasteiger partial charge in [-0.25, -0.2) is 0 Å². The van der Waals surface area contributed by atoms with Gasteiger partial charge in [-0.15, -0.1) is 0 Å². The first kappa shape index (κ1) is 14.0. The molecule has 0 aromatic heterocycles. The topological polar surface area (TPSA) is 40.9 Å². The molecule has 2 aromatic rings. The Morgan fingerprint density at radius 2 is 1.60 bits per heavy atom. The molecule has 0 aliphatic heterocycles. The second-order valence-electron chi connectivity index (χ2n) is 4.31. The van der Waals surface area contributed by atoms with Crippen LogP contribution in [0.15, 0.2) is 60.2 Å². The fraction of sp³-hybridized carbons (Fsp3) is 0.0588. The number of nitriles is 1. The third kappa shape index (κ3) is 2.96. The number of allylic oxidation sites excluding steroid dienone is 2. The largest absolute Gasteiger partial charge is 0.288 e. The maximum Gasteiger partial charge on any atom is 0.203 e. The molecule has 0 fully saturated rings. The van der Waals surface area contributed by atoms with E-state index in [1.54, 1.807) is 55.5 Å². The Balaban J connectivity index is 2.46. The van der Waals surface area contributed by atoms with E-state index in [2.05, 4.69) is 0 Å². The molecule has 0 heterocycles. The van der Waals surface area contributed by atoms with E-state index in [4.69, 9.17) is 11.6 Å². The molecule has 0 radical (unpaired) electrons. The predicted octanol–water partition coefficient (Wildman–Crippen LogP) is 4.52. The van der Waals surface area contributed by atoms with Crippen molar-refractivity contribution in [3.05, 3.63) is 76.3 Å². The normalized spacial score (nSPS) is 11.4. The van der Waals surface area contributed by atoms with Crippen LogP contribution >= 0.6 is 11.6 Å². The first-order valence-corrected chi connectivity index (χ1v) is 6.48. The van der Waals surface area contributed by atoms with Gasteiger partial charge in [0.15, 0.2) is 0 Å². The Hall–Kier alpha value is -2.37. The molecule has 0 atom stereocenters. The van der Waals surface area contributed by atoms with Crippen LogP contribution in [0.4, 0.5) is 0 Å². The van der Waals surface area contributed by atoms with E-state index in [0.717, 1.165) is 5.56 Å². The number of halogens is 1. The SMILES string of the molecule is C/C(=C(\C#N)C(=O)c1ccccc1)c1ccc(Cl)cc1. The van der Waals surface area contributed by atoms with Crippen molar-refractivity contribution in [2.75, 3.05) is 0 Å². The van der Waals surface area contributed by atoms with Crippen LogP contribution in [0.25, 0.3) is 5.57 Å². The Morgan fingerprint density at radius 1 is 1.00 bits per heavy atom. The summed E-state index contributed by atoms with van der Waals surface area (Å²) in [7, 11) is 0. The van der Waals surface area contributed by atoms with E-state index in [0.29, 0.717) is 16.2 Å². The lowest BCUT2D eigenvalue weighted by Gasteiger charge is -2.06. The Morgan fingerprint density at radius 3 is 2.15 bits per heavy atom. The van der Waals surface area contributed by atoms with E-state index >= 15 is 0 Å². The Kier molecular flexibility index (Phi) is 4.34. The minimum absolute atomic E-state index is 0.151. The van der Waals surface area contributed by atoms with E-state index in [9.17, 15) is 10.1 Å². The second-order valence-corrected chi connectivity index (χ2v) is 4.75. The maximum atomic E-state index is 12.4. The number of carbonyl (C=O) groups excluding carboxylic acids is 1. The molecule has 0 unspecified atom stereocenters. The van der Waals surface area contributed by atoms with Crippen molar-refractivity contribution in [3.8, 4) is 6.07 Å². The summed E-state index contributed by atoms with van der Waals surface area (Å²) in [6, 6.07) is 17.9. The lowest BCUT2D eigenvalue weighted by molar-refractivity contribution is 0.103. The van der Waals surface area contributed by atoms with Crippen molar-refractivity contribution < 1.29 is 4.79 Å². The van der Waals surface area contributed by atoms with Crippen LogP contribution < -0.4 is 0 Å². The summed E-state index contributed by atoms with van der Waals surface area (Å²) in [6.07, 6.45) is 0. The summed E-state index contributed by atoms with van der Waals surface area (Å²) < 4.78 is 0. The fourth-order valence-electron chi connectivity index (χ4n) is 1.88. The van der Waals surface area contributed by atoms with Crippen molar-refractivity contribution in [3.63, 3.8) is 0 Å². The first-order chi connectivity index (χ1) is 9.63. The van der Waals surface area contributed by atoms with Gasteiger partial charge in [-0.2, -0.15) is 5.26 Å². The molecule has 0 N–H and O–H groups in total. The quantitative estimate of drug-likeness (QED) is 0.471. The monoisotopic (exact) mass is 281 g/mol. The molecule has 0 spiro atoms. The van der Waals surface area contributed by atoms with Crippen LogP contribution in [0.5, 0.6) is 0 Å². The minimum Gasteiger partial charge on any atom is -0.288 e. The molecule has 2 nitrogen and oxygen atoms in total. The highest BCUT2D eigenvalue weighted by atomic mass is 35.5. The predicted molar refractivity (Wildman–Crippen MR) is 80.4 cm³/mol. The second kappa shape index (κ2) is 6.18. The molecule has 2 aromatic carbocycles. The van der Waals surface area contributed by atoms with Gasteiger partial charge in [-0.3, -0.25) is 4.79 Å². The van der Waals surface area contributed by atoms with Gasteiger partial charge in [0.05, 0.1) is 0 Å². The summed E-state index contributed by atoms with van der Waals surface area (Å²) in [5, 5.41) is 9.91. The molecule has 20 heavy (non-hydrogen) atoms. The zero-order valence-corrected chi connectivity index (χ0v) is 11.7. The van der Waals surface area contributed by atoms with Crippen molar-refractivity contribution in [2.24, 2.45) is 0 Å². The molecule has 0 amide bonds. The zero-order valence-electron chi connectivity index (χ0n) is 10.9. The molecule has 98 valence electrons. The number of benzene rings is 2. The van der Waals surface area contributed by atoms with Gasteiger partial charge in [-0.1, -0.05) is 54.1 Å². The molecule has 2 rings (SSSR count). The summed E-state index contributed by atoms with van der Waals surface area (Å²) in [5.74, 6) is -0.263. The average Bonchev–Trinajstić information content (AvgIpc) is 2.49. The van der Waals surface area contributed by atoms with Crippen LogP contribution in [0.2, 0.25) is 5.02 Å². The van der Waals surface area contributed by atoms with Crippen molar-refractivity contribution in [2.45, 2.75) is 6.92 Å². The highest BCUT2D eigenvalue weighted by molar-refractivity contribution is 6.30. The summed E-state index contributed by atoms with van der Waals surface area (Å²) in [5.41, 5.74) is 2.13. The van der Waals surface area contributed by atoms with Crippen LogP contribution in [-0.2, 0) is 0 Å². The number of hydrogen-bond acceptors (Lipinski definition) is 2. The van der Waals surface area contributed by atoms with Crippen molar-refractivity contribution in [1.29, 1.82) is 5.26 Å². The molecular formula is C17H12ClNO. The highest BCUT2D eigenvalue weighted by Gasteiger charge is 2.15. The van der Waals surface area contributed by atoms with Gasteiger partial charge in [0.2, 0.25) is 5.78 Å². The smallest absolute Gasteiger partial charge is 0.203 e. The molecule has 0 saturated carbocycles. The van der Waals surface area contributed by atoms with Gasteiger partial charge in [0.1, 0.15) is 11.6 Å². The van der Waals surface area contributed by atoms with E-state index in [1.165, 1.54) is 0 Å². The number of hydrogen-bond donors (Lipinski definition) is 0.